The zero-order chi connectivity index (χ0) is 21.1. The number of fused-ring (bicyclic) bond motifs is 1. The summed E-state index contributed by atoms with van der Waals surface area (Å²) in [5.74, 6) is 0.568. The molecule has 0 saturated carbocycles. The number of carbonyl (C=O) groups is 1. The lowest BCUT2D eigenvalue weighted by Gasteiger charge is -2.10. The predicted molar refractivity (Wildman–Crippen MR) is 116 cm³/mol. The molecule has 0 atom stereocenters. The summed E-state index contributed by atoms with van der Waals surface area (Å²) in [6.45, 7) is 1.63. The van der Waals surface area contributed by atoms with Crippen molar-refractivity contribution >= 4 is 28.3 Å². The van der Waals surface area contributed by atoms with Gasteiger partial charge in [-0.25, -0.2) is 4.98 Å². The molecule has 30 heavy (non-hydrogen) atoms. The van der Waals surface area contributed by atoms with Gasteiger partial charge in [-0.15, -0.1) is 0 Å². The maximum atomic E-state index is 12.6. The van der Waals surface area contributed by atoms with Gasteiger partial charge in [0.05, 0.1) is 27.2 Å². The monoisotopic (exact) mass is 400 g/mol. The molecule has 0 unspecified atom stereocenters. The number of nitrogens with zero attached hydrogens (tertiary/aromatic N) is 3. The smallest absolute Gasteiger partial charge is 0.274 e. The molecule has 0 saturated heterocycles. The molecule has 7 nitrogen and oxygen atoms in total. The summed E-state index contributed by atoms with van der Waals surface area (Å²) in [7, 11) is 0. The molecule has 0 radical (unpaired) electrons. The number of nitro groups is 1. The zero-order valence-electron chi connectivity index (χ0n) is 16.4. The zero-order valence-corrected chi connectivity index (χ0v) is 16.4. The first-order valence-corrected chi connectivity index (χ1v) is 9.60. The normalized spacial score (nSPS) is 10.8. The number of nitrogens with one attached hydrogen (secondary N) is 1. The molecule has 4 aromatic rings. The largest absolute Gasteiger partial charge is 0.326 e. The topological polar surface area (TPSA) is 90.1 Å². The molecule has 0 aliphatic rings. The average molecular weight is 400 g/mol. The molecule has 1 aromatic heterocycles. The van der Waals surface area contributed by atoms with E-state index in [9.17, 15) is 14.9 Å². The van der Waals surface area contributed by atoms with E-state index in [2.05, 4.69) is 9.88 Å². The van der Waals surface area contributed by atoms with Crippen LogP contribution < -0.4 is 5.32 Å². The van der Waals surface area contributed by atoms with E-state index in [0.717, 1.165) is 22.5 Å². The van der Waals surface area contributed by atoms with E-state index in [4.69, 9.17) is 4.98 Å². The summed E-state index contributed by atoms with van der Waals surface area (Å²) in [6.07, 6.45) is 0.641. The average Bonchev–Trinajstić information content (AvgIpc) is 3.12. The Kier molecular flexibility index (Phi) is 5.26. The van der Waals surface area contributed by atoms with Crippen molar-refractivity contribution in [2.24, 2.45) is 0 Å². The first-order chi connectivity index (χ1) is 14.5. The van der Waals surface area contributed by atoms with E-state index in [1.165, 1.54) is 6.07 Å². The summed E-state index contributed by atoms with van der Waals surface area (Å²) in [4.78, 5) is 27.9. The van der Waals surface area contributed by atoms with Gasteiger partial charge in [0.15, 0.2) is 0 Å². The van der Waals surface area contributed by atoms with E-state index in [1.807, 2.05) is 54.6 Å². The fourth-order valence-corrected chi connectivity index (χ4v) is 3.50. The Hall–Kier alpha value is -4.00. The number of hydrogen-bond donors (Lipinski definition) is 1. The number of para-hydroxylation sites is 3. The van der Waals surface area contributed by atoms with Crippen LogP contribution in [0.3, 0.4) is 0 Å². The lowest BCUT2D eigenvalue weighted by atomic mass is 10.1. The number of hydrogen-bond acceptors (Lipinski definition) is 4. The van der Waals surface area contributed by atoms with Gasteiger partial charge in [0, 0.05) is 24.6 Å². The molecular weight excluding hydrogens is 380 g/mol. The number of nitro benzene ring substituents is 1. The standard InChI is InChI=1S/C23H20N4O3/c1-16-18(11-7-13-20(16)27(29)30)25-23(28)15-14-22-24-19-10-5-6-12-21(19)26(22)17-8-3-2-4-9-17/h2-13H,14-15H2,1H3,(H,25,28). The number of anilines is 1. The third-order valence-electron chi connectivity index (χ3n) is 5.00. The number of aromatic nitrogens is 2. The summed E-state index contributed by atoms with van der Waals surface area (Å²) in [5.41, 5.74) is 3.70. The van der Waals surface area contributed by atoms with Crippen molar-refractivity contribution in [2.75, 3.05) is 5.32 Å². The van der Waals surface area contributed by atoms with Crippen LogP contribution in [0, 0.1) is 17.0 Å². The van der Waals surface area contributed by atoms with Gasteiger partial charge in [0.25, 0.3) is 5.69 Å². The van der Waals surface area contributed by atoms with Gasteiger partial charge < -0.3 is 5.32 Å². The van der Waals surface area contributed by atoms with Gasteiger partial charge in [-0.3, -0.25) is 19.5 Å². The van der Waals surface area contributed by atoms with Crippen LogP contribution in [0.5, 0.6) is 0 Å². The van der Waals surface area contributed by atoms with Gasteiger partial charge in [-0.1, -0.05) is 36.4 Å². The van der Waals surface area contributed by atoms with Crippen LogP contribution in [-0.4, -0.2) is 20.4 Å². The highest BCUT2D eigenvalue weighted by Gasteiger charge is 2.16. The molecule has 0 bridgehead atoms. The molecule has 0 aliphatic heterocycles. The minimum atomic E-state index is -0.451. The van der Waals surface area contributed by atoms with Crippen molar-refractivity contribution in [2.45, 2.75) is 19.8 Å². The molecular formula is C23H20N4O3. The van der Waals surface area contributed by atoms with Crippen LogP contribution in [0.2, 0.25) is 0 Å². The highest BCUT2D eigenvalue weighted by Crippen LogP contribution is 2.26. The van der Waals surface area contributed by atoms with E-state index in [1.54, 1.807) is 19.1 Å². The summed E-state index contributed by atoms with van der Waals surface area (Å²) in [6, 6.07) is 22.4. The molecule has 7 heteroatoms. The van der Waals surface area contributed by atoms with E-state index < -0.39 is 4.92 Å². The van der Waals surface area contributed by atoms with Crippen molar-refractivity contribution < 1.29 is 9.72 Å². The molecule has 1 heterocycles. The Balaban J connectivity index is 1.57. The Morgan fingerprint density at radius 2 is 1.77 bits per heavy atom. The van der Waals surface area contributed by atoms with Crippen molar-refractivity contribution in [1.29, 1.82) is 0 Å². The second-order valence-electron chi connectivity index (χ2n) is 6.94. The fourth-order valence-electron chi connectivity index (χ4n) is 3.50. The molecule has 0 spiro atoms. The fraction of sp³-hybridized carbons (Fsp3) is 0.130. The quantitative estimate of drug-likeness (QED) is 0.371. The number of amides is 1. The molecule has 0 fully saturated rings. The SMILES string of the molecule is Cc1c(NC(=O)CCc2nc3ccccc3n2-c2ccccc2)cccc1[N+](=O)[O-]. The van der Waals surface area contributed by atoms with Crippen LogP contribution in [-0.2, 0) is 11.2 Å². The summed E-state index contributed by atoms with van der Waals surface area (Å²) >= 11 is 0. The van der Waals surface area contributed by atoms with Crippen LogP contribution in [0.4, 0.5) is 11.4 Å². The van der Waals surface area contributed by atoms with Crippen LogP contribution in [0.25, 0.3) is 16.7 Å². The number of aryl methyl sites for hydroxylation is 1. The first kappa shape index (κ1) is 19.3. The molecule has 0 aliphatic carbocycles. The highest BCUT2D eigenvalue weighted by molar-refractivity contribution is 5.92. The predicted octanol–water partition coefficient (Wildman–Crippen LogP) is 4.81. The Morgan fingerprint density at radius 1 is 1.03 bits per heavy atom. The van der Waals surface area contributed by atoms with Crippen molar-refractivity contribution in [3.8, 4) is 5.69 Å². The summed E-state index contributed by atoms with van der Waals surface area (Å²) in [5, 5.41) is 13.9. The number of carbonyl (C=O) groups excluding carboxylic acids is 1. The Morgan fingerprint density at radius 3 is 2.53 bits per heavy atom. The Bertz CT molecular complexity index is 1230. The maximum Gasteiger partial charge on any atom is 0.274 e. The summed E-state index contributed by atoms with van der Waals surface area (Å²) < 4.78 is 2.06. The third-order valence-corrected chi connectivity index (χ3v) is 5.00. The molecule has 4 rings (SSSR count). The Labute approximate surface area is 173 Å². The molecule has 150 valence electrons. The lowest BCUT2D eigenvalue weighted by molar-refractivity contribution is -0.385. The van der Waals surface area contributed by atoms with Crippen molar-refractivity contribution in [1.82, 2.24) is 9.55 Å². The third kappa shape index (κ3) is 3.77. The van der Waals surface area contributed by atoms with Crippen LogP contribution in [0.1, 0.15) is 17.8 Å². The van der Waals surface area contributed by atoms with Gasteiger partial charge in [0.1, 0.15) is 5.82 Å². The molecule has 1 amide bonds. The first-order valence-electron chi connectivity index (χ1n) is 9.60. The minimum Gasteiger partial charge on any atom is -0.326 e. The number of rotatable bonds is 6. The molecule has 1 N–H and O–H groups in total. The second-order valence-corrected chi connectivity index (χ2v) is 6.94. The maximum absolute atomic E-state index is 12.6. The number of benzene rings is 3. The van der Waals surface area contributed by atoms with E-state index in [-0.39, 0.29) is 18.0 Å². The van der Waals surface area contributed by atoms with Crippen molar-refractivity contribution in [3.63, 3.8) is 0 Å². The second kappa shape index (κ2) is 8.16. The van der Waals surface area contributed by atoms with Gasteiger partial charge in [-0.05, 0) is 37.3 Å². The van der Waals surface area contributed by atoms with Gasteiger partial charge in [-0.2, -0.15) is 0 Å². The van der Waals surface area contributed by atoms with E-state index in [0.29, 0.717) is 17.7 Å². The minimum absolute atomic E-state index is 0.0151. The van der Waals surface area contributed by atoms with Gasteiger partial charge in [0.2, 0.25) is 5.91 Å². The lowest BCUT2D eigenvalue weighted by Crippen LogP contribution is -2.15. The van der Waals surface area contributed by atoms with Crippen LogP contribution >= 0.6 is 0 Å². The van der Waals surface area contributed by atoms with E-state index >= 15 is 0 Å². The van der Waals surface area contributed by atoms with Crippen LogP contribution in [0.15, 0.2) is 72.8 Å². The van der Waals surface area contributed by atoms with Crippen molar-refractivity contribution in [3.05, 3.63) is 94.3 Å². The van der Waals surface area contributed by atoms with Gasteiger partial charge >= 0.3 is 0 Å². The molecule has 3 aromatic carbocycles. The highest BCUT2D eigenvalue weighted by atomic mass is 16.6. The number of imidazole rings is 1.